The number of nitrogens with two attached hydrogens (primary N) is 1. The predicted octanol–water partition coefficient (Wildman–Crippen LogP) is 2.01. The van der Waals surface area contributed by atoms with E-state index >= 15 is 0 Å². The third-order valence-corrected chi connectivity index (χ3v) is 3.57. The maximum atomic E-state index is 5.71. The number of benzene rings is 1. The molecule has 3 heteroatoms. The molecule has 0 radical (unpaired) electrons. The number of hydrogen-bond acceptors (Lipinski definition) is 3. The predicted molar refractivity (Wildman–Crippen MR) is 70.1 cm³/mol. The highest BCUT2D eigenvalue weighted by Crippen LogP contribution is 2.23. The summed E-state index contributed by atoms with van der Waals surface area (Å²) in [4.78, 5) is 2.40. The summed E-state index contributed by atoms with van der Waals surface area (Å²) in [5.74, 6) is 0.934. The van der Waals surface area contributed by atoms with Gasteiger partial charge in [0.25, 0.3) is 0 Å². The van der Waals surface area contributed by atoms with Gasteiger partial charge in [-0.15, -0.1) is 0 Å². The van der Waals surface area contributed by atoms with E-state index in [2.05, 4.69) is 11.9 Å². The van der Waals surface area contributed by atoms with Crippen LogP contribution in [0.2, 0.25) is 0 Å². The first-order valence-corrected chi connectivity index (χ1v) is 6.41. The fourth-order valence-corrected chi connectivity index (χ4v) is 2.04. The van der Waals surface area contributed by atoms with Crippen LogP contribution in [-0.2, 0) is 6.54 Å². The Morgan fingerprint density at radius 2 is 2.00 bits per heavy atom. The lowest BCUT2D eigenvalue weighted by molar-refractivity contribution is 0.135. The zero-order valence-electron chi connectivity index (χ0n) is 10.6. The summed E-state index contributed by atoms with van der Waals surface area (Å²) in [5, 5.41) is 0. The van der Waals surface area contributed by atoms with Gasteiger partial charge in [0.05, 0.1) is 0 Å². The van der Waals surface area contributed by atoms with Crippen molar-refractivity contribution in [3.63, 3.8) is 0 Å². The molecule has 0 unspecified atom stereocenters. The summed E-state index contributed by atoms with van der Waals surface area (Å²) in [7, 11) is 2.19. The van der Waals surface area contributed by atoms with Crippen LogP contribution in [0, 0.1) is 0 Å². The van der Waals surface area contributed by atoms with Crippen molar-refractivity contribution in [2.75, 3.05) is 20.2 Å². The first kappa shape index (κ1) is 12.4. The third-order valence-electron chi connectivity index (χ3n) is 3.57. The van der Waals surface area contributed by atoms with Gasteiger partial charge in [0.15, 0.2) is 0 Å². The molecule has 0 amide bonds. The van der Waals surface area contributed by atoms with Crippen molar-refractivity contribution in [1.29, 1.82) is 0 Å². The number of hydrogen-bond donors (Lipinski definition) is 1. The minimum Gasteiger partial charge on any atom is -0.492 e. The standard InChI is InChI=1S/C14H22N2O/c1-16(13-3-2-4-13)9-10-17-14-7-5-12(11-15)6-8-14/h5-8,13H,2-4,9-11,15H2,1H3. The van der Waals surface area contributed by atoms with E-state index in [1.54, 1.807) is 0 Å². The average Bonchev–Trinajstić information content (AvgIpc) is 2.27. The molecule has 0 spiro atoms. The van der Waals surface area contributed by atoms with Gasteiger partial charge < -0.3 is 15.4 Å². The molecule has 0 atom stereocenters. The van der Waals surface area contributed by atoms with Crippen molar-refractivity contribution in [3.8, 4) is 5.75 Å². The van der Waals surface area contributed by atoms with Crippen molar-refractivity contribution in [1.82, 2.24) is 4.90 Å². The van der Waals surface area contributed by atoms with E-state index in [-0.39, 0.29) is 0 Å². The Labute approximate surface area is 104 Å². The van der Waals surface area contributed by atoms with Crippen LogP contribution in [0.4, 0.5) is 0 Å². The molecule has 3 nitrogen and oxygen atoms in total. The topological polar surface area (TPSA) is 38.5 Å². The van der Waals surface area contributed by atoms with Crippen LogP contribution >= 0.6 is 0 Å². The largest absolute Gasteiger partial charge is 0.492 e. The molecule has 0 saturated heterocycles. The highest BCUT2D eigenvalue weighted by atomic mass is 16.5. The van der Waals surface area contributed by atoms with Crippen LogP contribution < -0.4 is 10.5 Å². The first-order valence-electron chi connectivity index (χ1n) is 6.41. The molecule has 2 rings (SSSR count). The zero-order chi connectivity index (χ0) is 12.1. The Bertz CT molecular complexity index is 333. The zero-order valence-corrected chi connectivity index (χ0v) is 10.6. The smallest absolute Gasteiger partial charge is 0.119 e. The molecule has 1 fully saturated rings. The highest BCUT2D eigenvalue weighted by Gasteiger charge is 2.21. The van der Waals surface area contributed by atoms with Gasteiger partial charge in [0.2, 0.25) is 0 Å². The molecular weight excluding hydrogens is 212 g/mol. The van der Waals surface area contributed by atoms with E-state index in [1.807, 2.05) is 24.3 Å². The SMILES string of the molecule is CN(CCOc1ccc(CN)cc1)C1CCC1. The molecule has 0 bridgehead atoms. The summed E-state index contributed by atoms with van der Waals surface area (Å²) < 4.78 is 5.71. The van der Waals surface area contributed by atoms with E-state index in [1.165, 1.54) is 19.3 Å². The van der Waals surface area contributed by atoms with E-state index in [4.69, 9.17) is 10.5 Å². The van der Waals surface area contributed by atoms with Gasteiger partial charge in [-0.3, -0.25) is 0 Å². The monoisotopic (exact) mass is 234 g/mol. The Hall–Kier alpha value is -1.06. The molecular formula is C14H22N2O. The lowest BCUT2D eigenvalue weighted by Crippen LogP contribution is -2.39. The van der Waals surface area contributed by atoms with Crippen molar-refractivity contribution < 1.29 is 4.74 Å². The quantitative estimate of drug-likeness (QED) is 0.818. The average molecular weight is 234 g/mol. The van der Waals surface area contributed by atoms with E-state index in [9.17, 15) is 0 Å². The van der Waals surface area contributed by atoms with Crippen molar-refractivity contribution in [2.45, 2.75) is 31.8 Å². The van der Waals surface area contributed by atoms with Crippen LogP contribution in [0.3, 0.4) is 0 Å². The number of likely N-dealkylation sites (N-methyl/N-ethyl adjacent to an activating group) is 1. The molecule has 1 aliphatic carbocycles. The van der Waals surface area contributed by atoms with E-state index in [0.29, 0.717) is 6.54 Å². The molecule has 0 heterocycles. The van der Waals surface area contributed by atoms with Crippen LogP contribution in [0.15, 0.2) is 24.3 Å². The second-order valence-corrected chi connectivity index (χ2v) is 4.76. The van der Waals surface area contributed by atoms with Crippen LogP contribution in [-0.4, -0.2) is 31.1 Å². The lowest BCUT2D eigenvalue weighted by atomic mass is 9.92. The maximum absolute atomic E-state index is 5.71. The Kier molecular flexibility index (Phi) is 4.40. The van der Waals surface area contributed by atoms with Crippen molar-refractivity contribution in [2.24, 2.45) is 5.73 Å². The normalized spacial score (nSPS) is 15.9. The van der Waals surface area contributed by atoms with Gasteiger partial charge in [-0.2, -0.15) is 0 Å². The van der Waals surface area contributed by atoms with E-state index < -0.39 is 0 Å². The fraction of sp³-hybridized carbons (Fsp3) is 0.571. The molecule has 0 aliphatic heterocycles. The minimum atomic E-state index is 0.588. The molecule has 2 N–H and O–H groups in total. The minimum absolute atomic E-state index is 0.588. The first-order chi connectivity index (χ1) is 8.29. The molecule has 17 heavy (non-hydrogen) atoms. The van der Waals surface area contributed by atoms with Gasteiger partial charge >= 0.3 is 0 Å². The molecule has 94 valence electrons. The van der Waals surface area contributed by atoms with Gasteiger partial charge in [-0.1, -0.05) is 18.6 Å². The Balaban J connectivity index is 1.69. The molecule has 0 aromatic heterocycles. The number of rotatable bonds is 6. The van der Waals surface area contributed by atoms with Crippen LogP contribution in [0.1, 0.15) is 24.8 Å². The number of ether oxygens (including phenoxy) is 1. The van der Waals surface area contributed by atoms with Crippen LogP contribution in [0.25, 0.3) is 0 Å². The Morgan fingerprint density at radius 1 is 1.29 bits per heavy atom. The Morgan fingerprint density at radius 3 is 2.53 bits per heavy atom. The summed E-state index contributed by atoms with van der Waals surface area (Å²) in [5.41, 5.74) is 6.69. The number of nitrogens with zero attached hydrogens (tertiary/aromatic N) is 1. The molecule has 1 aromatic carbocycles. The van der Waals surface area contributed by atoms with Crippen molar-refractivity contribution >= 4 is 0 Å². The second kappa shape index (κ2) is 6.03. The summed E-state index contributed by atoms with van der Waals surface area (Å²) in [6.45, 7) is 2.35. The fourth-order valence-electron chi connectivity index (χ4n) is 2.04. The summed E-state index contributed by atoms with van der Waals surface area (Å²) in [6, 6.07) is 8.81. The van der Waals surface area contributed by atoms with Gasteiger partial charge in [-0.25, -0.2) is 0 Å². The van der Waals surface area contributed by atoms with Crippen LogP contribution in [0.5, 0.6) is 5.75 Å². The summed E-state index contributed by atoms with van der Waals surface area (Å²) in [6.07, 6.45) is 4.08. The summed E-state index contributed by atoms with van der Waals surface area (Å²) >= 11 is 0. The van der Waals surface area contributed by atoms with Gasteiger partial charge in [0, 0.05) is 19.1 Å². The molecule has 1 saturated carbocycles. The van der Waals surface area contributed by atoms with Gasteiger partial charge in [-0.05, 0) is 37.6 Å². The maximum Gasteiger partial charge on any atom is 0.119 e. The van der Waals surface area contributed by atoms with E-state index in [0.717, 1.165) is 30.5 Å². The second-order valence-electron chi connectivity index (χ2n) is 4.76. The highest BCUT2D eigenvalue weighted by molar-refractivity contribution is 5.27. The molecule has 1 aromatic rings. The van der Waals surface area contributed by atoms with Gasteiger partial charge in [0.1, 0.15) is 12.4 Å². The molecule has 1 aliphatic rings. The third kappa shape index (κ3) is 3.45. The lowest BCUT2D eigenvalue weighted by Gasteiger charge is -2.34. The van der Waals surface area contributed by atoms with Crippen molar-refractivity contribution in [3.05, 3.63) is 29.8 Å².